The second-order valence-electron chi connectivity index (χ2n) is 7.26. The third kappa shape index (κ3) is 3.87. The summed E-state index contributed by atoms with van der Waals surface area (Å²) >= 11 is 2.35. The van der Waals surface area contributed by atoms with Crippen LogP contribution in [-0.2, 0) is 0 Å². The summed E-state index contributed by atoms with van der Waals surface area (Å²) in [6.07, 6.45) is 3.86. The lowest BCUT2D eigenvalue weighted by Crippen LogP contribution is -2.40. The molecule has 1 aromatic carbocycles. The predicted octanol–water partition coefficient (Wildman–Crippen LogP) is 5.31. The molecule has 2 heteroatoms. The van der Waals surface area contributed by atoms with Gasteiger partial charge in [-0.3, -0.25) is 0 Å². The van der Waals surface area contributed by atoms with Gasteiger partial charge in [0.2, 0.25) is 0 Å². The summed E-state index contributed by atoms with van der Waals surface area (Å²) in [6.45, 7) is 9.60. The summed E-state index contributed by atoms with van der Waals surface area (Å²) in [4.78, 5) is 0. The number of benzene rings is 1. The lowest BCUT2D eigenvalue weighted by molar-refractivity contribution is 0.105. The van der Waals surface area contributed by atoms with E-state index < -0.39 is 0 Å². The Hall–Kier alpha value is -0.250. The first-order valence-electron chi connectivity index (χ1n) is 6.78. The maximum absolute atomic E-state index is 3.72. The topological polar surface area (TPSA) is 12.0 Å². The summed E-state index contributed by atoms with van der Waals surface area (Å²) in [5, 5.41) is 3.72. The van der Waals surface area contributed by atoms with Crippen molar-refractivity contribution in [1.29, 1.82) is 0 Å². The van der Waals surface area contributed by atoms with Crippen LogP contribution < -0.4 is 5.32 Å². The maximum Gasteiger partial charge on any atom is 0.0343 e. The highest BCUT2D eigenvalue weighted by Gasteiger charge is 2.38. The van der Waals surface area contributed by atoms with Crippen LogP contribution in [0.2, 0.25) is 0 Å². The number of nitrogens with one attached hydrogen (secondary N) is 1. The fourth-order valence-corrected chi connectivity index (χ4v) is 4.09. The zero-order valence-corrected chi connectivity index (χ0v) is 14.0. The first-order valence-corrected chi connectivity index (χ1v) is 7.86. The Bertz CT molecular complexity index is 390. The first-order chi connectivity index (χ1) is 8.26. The molecule has 0 radical (unpaired) electrons. The number of anilines is 1. The zero-order chi connectivity index (χ0) is 13.4. The fourth-order valence-electron chi connectivity index (χ4n) is 3.73. The van der Waals surface area contributed by atoms with Gasteiger partial charge in [-0.15, -0.1) is 0 Å². The molecule has 0 heterocycles. The summed E-state index contributed by atoms with van der Waals surface area (Å²) in [5.41, 5.74) is 2.15. The average Bonchev–Trinajstić information content (AvgIpc) is 2.16. The lowest BCUT2D eigenvalue weighted by Gasteiger charge is -2.45. The molecule has 2 rings (SSSR count). The van der Waals surface area contributed by atoms with Crippen LogP contribution in [0.3, 0.4) is 0 Å². The van der Waals surface area contributed by atoms with Crippen molar-refractivity contribution in [3.8, 4) is 0 Å². The Balaban J connectivity index is 2.07. The molecule has 0 atom stereocenters. The Morgan fingerprint density at radius 2 is 1.50 bits per heavy atom. The van der Waals surface area contributed by atoms with E-state index in [0.29, 0.717) is 16.9 Å². The first kappa shape index (κ1) is 14.2. The van der Waals surface area contributed by atoms with Crippen molar-refractivity contribution in [2.45, 2.75) is 53.0 Å². The fraction of sp³-hybridized carbons (Fsp3) is 0.625. The molecule has 0 aliphatic heterocycles. The van der Waals surface area contributed by atoms with Gasteiger partial charge >= 0.3 is 0 Å². The second kappa shape index (κ2) is 5.03. The van der Waals surface area contributed by atoms with Crippen molar-refractivity contribution >= 4 is 28.3 Å². The minimum atomic E-state index is 0.447. The van der Waals surface area contributed by atoms with E-state index in [2.05, 4.69) is 79.9 Å². The Morgan fingerprint density at radius 1 is 1.00 bits per heavy atom. The van der Waals surface area contributed by atoms with Crippen LogP contribution in [0.25, 0.3) is 0 Å². The average molecular weight is 357 g/mol. The van der Waals surface area contributed by atoms with Gasteiger partial charge in [0.25, 0.3) is 0 Å². The van der Waals surface area contributed by atoms with Crippen molar-refractivity contribution in [2.24, 2.45) is 10.8 Å². The zero-order valence-electron chi connectivity index (χ0n) is 11.9. The van der Waals surface area contributed by atoms with Crippen LogP contribution >= 0.6 is 22.6 Å². The molecule has 1 N–H and O–H groups in total. The van der Waals surface area contributed by atoms with E-state index in [9.17, 15) is 0 Å². The monoisotopic (exact) mass is 357 g/mol. The van der Waals surface area contributed by atoms with Gasteiger partial charge in [0.05, 0.1) is 0 Å². The molecular weight excluding hydrogens is 333 g/mol. The largest absolute Gasteiger partial charge is 0.382 e. The van der Waals surface area contributed by atoms with E-state index in [1.807, 2.05) is 0 Å². The van der Waals surface area contributed by atoms with Crippen LogP contribution in [0.4, 0.5) is 5.69 Å². The molecule has 1 saturated carbocycles. The molecule has 1 aromatic rings. The standard InChI is InChI=1S/C16H24IN/c1-15(2)9-14(10-16(3,4)11-15)18-13-7-5-12(17)6-8-13/h5-8,14,18H,9-11H2,1-4H3. The third-order valence-electron chi connectivity index (χ3n) is 3.77. The van der Waals surface area contributed by atoms with Gasteiger partial charge < -0.3 is 5.32 Å². The van der Waals surface area contributed by atoms with E-state index in [1.54, 1.807) is 0 Å². The van der Waals surface area contributed by atoms with Crippen molar-refractivity contribution in [3.63, 3.8) is 0 Å². The van der Waals surface area contributed by atoms with Crippen molar-refractivity contribution < 1.29 is 0 Å². The van der Waals surface area contributed by atoms with Gasteiger partial charge in [-0.2, -0.15) is 0 Å². The van der Waals surface area contributed by atoms with Gasteiger partial charge in [-0.1, -0.05) is 27.7 Å². The Kier molecular flexibility index (Phi) is 3.96. The van der Waals surface area contributed by atoms with Crippen LogP contribution in [0.1, 0.15) is 47.0 Å². The van der Waals surface area contributed by atoms with E-state index >= 15 is 0 Å². The van der Waals surface area contributed by atoms with Crippen molar-refractivity contribution in [1.82, 2.24) is 0 Å². The van der Waals surface area contributed by atoms with Crippen molar-refractivity contribution in [2.75, 3.05) is 5.32 Å². The van der Waals surface area contributed by atoms with E-state index in [0.717, 1.165) is 0 Å². The van der Waals surface area contributed by atoms with Crippen molar-refractivity contribution in [3.05, 3.63) is 27.8 Å². The van der Waals surface area contributed by atoms with E-state index in [1.165, 1.54) is 28.5 Å². The lowest BCUT2D eigenvalue weighted by atomic mass is 9.63. The number of hydrogen-bond acceptors (Lipinski definition) is 1. The predicted molar refractivity (Wildman–Crippen MR) is 88.0 cm³/mol. The molecule has 100 valence electrons. The molecule has 18 heavy (non-hydrogen) atoms. The van der Waals surface area contributed by atoms with Gasteiger partial charge in [0, 0.05) is 15.3 Å². The Morgan fingerprint density at radius 3 is 2.00 bits per heavy atom. The molecule has 0 aromatic heterocycles. The summed E-state index contributed by atoms with van der Waals surface area (Å²) < 4.78 is 1.29. The van der Waals surface area contributed by atoms with Crippen LogP contribution in [-0.4, -0.2) is 6.04 Å². The number of rotatable bonds is 2. The highest BCUT2D eigenvalue weighted by molar-refractivity contribution is 14.1. The molecule has 0 unspecified atom stereocenters. The van der Waals surface area contributed by atoms with E-state index in [-0.39, 0.29) is 0 Å². The molecular formula is C16H24IN. The van der Waals surface area contributed by atoms with Crippen LogP contribution in [0.15, 0.2) is 24.3 Å². The molecule has 1 fully saturated rings. The smallest absolute Gasteiger partial charge is 0.0343 e. The highest BCUT2D eigenvalue weighted by atomic mass is 127. The second-order valence-corrected chi connectivity index (χ2v) is 8.51. The van der Waals surface area contributed by atoms with Crippen LogP contribution in [0, 0.1) is 14.4 Å². The minimum absolute atomic E-state index is 0.447. The molecule has 1 aliphatic carbocycles. The number of hydrogen-bond donors (Lipinski definition) is 1. The molecule has 1 nitrogen and oxygen atoms in total. The van der Waals surface area contributed by atoms with Gasteiger partial charge in [-0.25, -0.2) is 0 Å². The molecule has 0 spiro atoms. The number of halogens is 1. The maximum atomic E-state index is 3.72. The molecule has 0 bridgehead atoms. The van der Waals surface area contributed by atoms with Gasteiger partial charge in [0.15, 0.2) is 0 Å². The summed E-state index contributed by atoms with van der Waals surface area (Å²) in [5.74, 6) is 0. The minimum Gasteiger partial charge on any atom is -0.382 e. The van der Waals surface area contributed by atoms with Gasteiger partial charge in [-0.05, 0) is 76.9 Å². The van der Waals surface area contributed by atoms with Gasteiger partial charge in [0.1, 0.15) is 0 Å². The molecule has 1 aliphatic rings. The summed E-state index contributed by atoms with van der Waals surface area (Å²) in [7, 11) is 0. The Labute approximate surface area is 125 Å². The molecule has 0 saturated heterocycles. The summed E-state index contributed by atoms with van der Waals surface area (Å²) in [6, 6.07) is 9.32. The normalized spacial score (nSPS) is 22.7. The highest BCUT2D eigenvalue weighted by Crippen LogP contribution is 2.46. The quantitative estimate of drug-likeness (QED) is 0.708. The SMILES string of the molecule is CC1(C)CC(Nc2ccc(I)cc2)CC(C)(C)C1. The third-order valence-corrected chi connectivity index (χ3v) is 4.49. The molecule has 0 amide bonds. The van der Waals surface area contributed by atoms with E-state index in [4.69, 9.17) is 0 Å². The van der Waals surface area contributed by atoms with Crippen LogP contribution in [0.5, 0.6) is 0 Å².